The first-order valence-corrected chi connectivity index (χ1v) is 6.03. The molecule has 1 aliphatic heterocycles. The van der Waals surface area contributed by atoms with Crippen molar-refractivity contribution in [3.05, 3.63) is 0 Å². The Balaban J connectivity index is 2.90. The maximum Gasteiger partial charge on any atom is 0.521 e. The largest absolute Gasteiger partial charge is 0.521 e. The summed E-state index contributed by atoms with van der Waals surface area (Å²) < 4.78 is 36.1. The van der Waals surface area contributed by atoms with Crippen molar-refractivity contribution in [2.45, 2.75) is 43.7 Å². The number of carboxylic acid groups (broad SMARTS) is 1. The number of hydrogen-bond donors (Lipinski definition) is 2. The van der Waals surface area contributed by atoms with Gasteiger partial charge in [-0.15, -0.1) is 0 Å². The Hall–Kier alpha value is -0.760. The maximum atomic E-state index is 12.3. The first-order valence-electron chi connectivity index (χ1n) is 5.51. The number of carbonyl (C=O) groups is 2. The number of hydrogen-bond acceptors (Lipinski definition) is 3. The fourth-order valence-electron chi connectivity index (χ4n) is 2.28. The second kappa shape index (κ2) is 5.08. The highest BCUT2D eigenvalue weighted by Crippen LogP contribution is 2.33. The molecule has 2 unspecified atom stereocenters. The summed E-state index contributed by atoms with van der Waals surface area (Å²) in [6.45, 7) is 1.62. The second-order valence-electron chi connectivity index (χ2n) is 4.52. The second-order valence-corrected chi connectivity index (χ2v) is 5.14. The van der Waals surface area contributed by atoms with Crippen LogP contribution in [0.5, 0.6) is 0 Å². The number of thiol groups is 1. The van der Waals surface area contributed by atoms with Crippen molar-refractivity contribution >= 4 is 24.6 Å². The normalized spacial score (nSPS) is 30.2. The van der Waals surface area contributed by atoms with Gasteiger partial charge in [0.25, 0.3) is 0 Å². The molecule has 0 radical (unpaired) electrons. The van der Waals surface area contributed by atoms with E-state index in [2.05, 4.69) is 12.6 Å². The van der Waals surface area contributed by atoms with Crippen LogP contribution in [0.4, 0.5) is 18.0 Å². The van der Waals surface area contributed by atoms with Crippen molar-refractivity contribution in [2.24, 2.45) is 0 Å². The van der Waals surface area contributed by atoms with Crippen LogP contribution in [0, 0.1) is 0 Å². The summed E-state index contributed by atoms with van der Waals surface area (Å²) in [7, 11) is 0. The van der Waals surface area contributed by atoms with Crippen LogP contribution in [-0.4, -0.2) is 45.6 Å². The van der Waals surface area contributed by atoms with Gasteiger partial charge in [0.1, 0.15) is 11.3 Å². The van der Waals surface area contributed by atoms with Gasteiger partial charge < -0.3 is 5.11 Å². The summed E-state index contributed by atoms with van der Waals surface area (Å²) >= 11 is 3.33. The van der Waals surface area contributed by atoms with E-state index in [-0.39, 0.29) is 6.54 Å². The summed E-state index contributed by atoms with van der Waals surface area (Å²) in [4.78, 5) is 23.2. The molecular weight excluding hydrogens is 271 g/mol. The molecule has 2 amide bonds. The quantitative estimate of drug-likeness (QED) is 0.605. The Labute approximate surface area is 108 Å². The van der Waals surface area contributed by atoms with Gasteiger partial charge in [-0.3, -0.25) is 0 Å². The third-order valence-corrected chi connectivity index (χ3v) is 3.89. The average molecular weight is 286 g/mol. The third-order valence-electron chi connectivity index (χ3n) is 3.42. The standard InChI is InChI=1S/C10H14F3NO3S/c1-6-3-2-4-14(6,9(16)17)8(15)5-7(18)10(11,12)13/h6-7H,2-5H2,1H3,(H-,16,17,18)/p+1/t6-,7?,14?/m1/s1. The van der Waals surface area contributed by atoms with Crippen LogP contribution in [0.15, 0.2) is 0 Å². The SMILES string of the molecule is C[C@@H]1CCC[N+]1(C(=O)O)C(=O)CC(S)C(F)(F)F. The summed E-state index contributed by atoms with van der Waals surface area (Å²) in [5.41, 5.74) is 0. The van der Waals surface area contributed by atoms with Crippen molar-refractivity contribution in [1.29, 1.82) is 0 Å². The minimum Gasteiger partial charge on any atom is -0.435 e. The molecular formula is C10H15F3NO3S+. The summed E-state index contributed by atoms with van der Waals surface area (Å²) in [5.74, 6) is -0.926. The Morgan fingerprint density at radius 2 is 2.06 bits per heavy atom. The van der Waals surface area contributed by atoms with E-state index in [0.29, 0.717) is 12.8 Å². The van der Waals surface area contributed by atoms with Crippen LogP contribution < -0.4 is 0 Å². The Morgan fingerprint density at radius 1 is 1.50 bits per heavy atom. The van der Waals surface area contributed by atoms with Crippen molar-refractivity contribution in [1.82, 2.24) is 0 Å². The molecule has 1 N–H and O–H groups in total. The predicted octanol–water partition coefficient (Wildman–Crippen LogP) is 2.44. The molecule has 104 valence electrons. The monoisotopic (exact) mass is 286 g/mol. The lowest BCUT2D eigenvalue weighted by Crippen LogP contribution is -2.59. The molecule has 4 nitrogen and oxygen atoms in total. The number of likely N-dealkylation sites (tertiary alicyclic amines) is 1. The number of imide groups is 1. The smallest absolute Gasteiger partial charge is 0.435 e. The zero-order chi connectivity index (χ0) is 14.1. The van der Waals surface area contributed by atoms with Gasteiger partial charge in [-0.2, -0.15) is 35.1 Å². The fraction of sp³-hybridized carbons (Fsp3) is 0.800. The molecule has 0 aromatic rings. The summed E-state index contributed by atoms with van der Waals surface area (Å²) in [6, 6.07) is -0.497. The van der Waals surface area contributed by atoms with Crippen molar-refractivity contribution in [2.75, 3.05) is 6.54 Å². The molecule has 1 fully saturated rings. The lowest BCUT2D eigenvalue weighted by Gasteiger charge is -2.30. The van der Waals surface area contributed by atoms with Gasteiger partial charge in [0, 0.05) is 12.8 Å². The first-order chi connectivity index (χ1) is 8.12. The topological polar surface area (TPSA) is 54.4 Å². The lowest BCUT2D eigenvalue weighted by atomic mass is 10.2. The van der Waals surface area contributed by atoms with Crippen LogP contribution in [0.25, 0.3) is 0 Å². The van der Waals surface area contributed by atoms with E-state index in [0.717, 1.165) is 0 Å². The van der Waals surface area contributed by atoms with Gasteiger partial charge in [-0.05, 0) is 6.92 Å². The highest BCUT2D eigenvalue weighted by atomic mass is 32.1. The van der Waals surface area contributed by atoms with E-state index in [4.69, 9.17) is 5.11 Å². The number of halogens is 3. The molecule has 3 atom stereocenters. The van der Waals surface area contributed by atoms with Crippen molar-refractivity contribution in [3.8, 4) is 0 Å². The highest BCUT2D eigenvalue weighted by molar-refractivity contribution is 7.81. The molecule has 1 heterocycles. The molecule has 0 bridgehead atoms. The van der Waals surface area contributed by atoms with Crippen LogP contribution in [0.3, 0.4) is 0 Å². The molecule has 1 aliphatic rings. The maximum absolute atomic E-state index is 12.3. The van der Waals surface area contributed by atoms with Gasteiger partial charge >= 0.3 is 18.2 Å². The number of nitrogens with zero attached hydrogens (tertiary/aromatic N) is 1. The van der Waals surface area contributed by atoms with Crippen LogP contribution in [0.1, 0.15) is 26.2 Å². The van der Waals surface area contributed by atoms with Crippen LogP contribution in [-0.2, 0) is 4.79 Å². The van der Waals surface area contributed by atoms with Gasteiger partial charge in [-0.25, -0.2) is 4.79 Å². The Kier molecular flexibility index (Phi) is 4.32. The van der Waals surface area contributed by atoms with E-state index in [1.54, 1.807) is 6.92 Å². The summed E-state index contributed by atoms with van der Waals surface area (Å²) in [5, 5.41) is 7.05. The van der Waals surface area contributed by atoms with Gasteiger partial charge in [0.15, 0.2) is 0 Å². The Morgan fingerprint density at radius 3 is 2.39 bits per heavy atom. The molecule has 1 saturated heterocycles. The third kappa shape index (κ3) is 2.64. The minimum atomic E-state index is -4.61. The van der Waals surface area contributed by atoms with E-state index in [1.165, 1.54) is 0 Å². The van der Waals surface area contributed by atoms with E-state index < -0.39 is 40.4 Å². The molecule has 0 saturated carbocycles. The zero-order valence-corrected chi connectivity index (χ0v) is 10.7. The number of amides is 2. The minimum absolute atomic E-state index is 0.0493. The first kappa shape index (κ1) is 15.3. The summed E-state index contributed by atoms with van der Waals surface area (Å²) in [6.07, 6.45) is -5.87. The molecule has 0 aromatic heterocycles. The molecule has 18 heavy (non-hydrogen) atoms. The number of quaternary nitrogens is 1. The van der Waals surface area contributed by atoms with E-state index in [1.807, 2.05) is 0 Å². The molecule has 8 heteroatoms. The van der Waals surface area contributed by atoms with Crippen molar-refractivity contribution < 1.29 is 32.3 Å². The zero-order valence-electron chi connectivity index (χ0n) is 9.78. The van der Waals surface area contributed by atoms with Gasteiger partial charge in [0.2, 0.25) is 0 Å². The van der Waals surface area contributed by atoms with E-state index in [9.17, 15) is 22.8 Å². The van der Waals surface area contributed by atoms with Crippen LogP contribution >= 0.6 is 12.6 Å². The molecule has 0 aromatic carbocycles. The van der Waals surface area contributed by atoms with E-state index >= 15 is 0 Å². The van der Waals surface area contributed by atoms with Crippen LogP contribution in [0.2, 0.25) is 0 Å². The molecule has 0 aliphatic carbocycles. The van der Waals surface area contributed by atoms with Crippen molar-refractivity contribution in [3.63, 3.8) is 0 Å². The Bertz CT molecular complexity index is 361. The molecule has 1 rings (SSSR count). The number of rotatable bonds is 2. The van der Waals surface area contributed by atoms with Gasteiger partial charge in [0.05, 0.1) is 13.0 Å². The predicted molar refractivity (Wildman–Crippen MR) is 60.3 cm³/mol. The highest BCUT2D eigenvalue weighted by Gasteiger charge is 2.54. The number of carbonyl (C=O) groups excluding carboxylic acids is 1. The number of alkyl halides is 3. The van der Waals surface area contributed by atoms with Gasteiger partial charge in [-0.1, -0.05) is 0 Å². The fourth-order valence-corrected chi connectivity index (χ4v) is 2.44. The average Bonchev–Trinajstić information content (AvgIpc) is 2.59. The molecule has 0 spiro atoms. The lowest BCUT2D eigenvalue weighted by molar-refractivity contribution is -0.792.